The Labute approximate surface area is 172 Å². The minimum absolute atomic E-state index is 0.262. The first-order valence-electron chi connectivity index (χ1n) is 8.81. The third-order valence-corrected chi connectivity index (χ3v) is 3.99. The van der Waals surface area contributed by atoms with E-state index >= 15 is 0 Å². The van der Waals surface area contributed by atoms with Crippen LogP contribution in [0.2, 0.25) is 0 Å². The molecule has 0 aliphatic heterocycles. The minimum Gasteiger partial charge on any atom is -0.482 e. The standard InChI is InChI=1S/C20H15F6N3O2/c21-19(22,23)12-31-17-7-6-14(20(24,25)26)9-16(17)28-18(30)8-13-10-27-29(11-13)15-4-2-1-3-5-15/h1-7,9-11H,8,12H2,(H,28,30). The quantitative estimate of drug-likeness (QED) is 0.545. The number of hydrogen-bond donors (Lipinski definition) is 1. The average Bonchev–Trinajstić information content (AvgIpc) is 3.14. The summed E-state index contributed by atoms with van der Waals surface area (Å²) in [4.78, 5) is 12.3. The van der Waals surface area contributed by atoms with E-state index in [2.05, 4.69) is 15.2 Å². The third-order valence-electron chi connectivity index (χ3n) is 3.99. The van der Waals surface area contributed by atoms with Gasteiger partial charge in [0.25, 0.3) is 0 Å². The van der Waals surface area contributed by atoms with Crippen molar-refractivity contribution in [3.8, 4) is 11.4 Å². The van der Waals surface area contributed by atoms with E-state index in [1.807, 2.05) is 6.07 Å². The van der Waals surface area contributed by atoms with E-state index in [9.17, 15) is 31.1 Å². The van der Waals surface area contributed by atoms with Crippen LogP contribution in [-0.2, 0) is 17.4 Å². The number of nitrogens with one attached hydrogen (secondary N) is 1. The molecule has 0 bridgehead atoms. The normalized spacial score (nSPS) is 11.9. The van der Waals surface area contributed by atoms with E-state index in [-0.39, 0.29) is 6.42 Å². The summed E-state index contributed by atoms with van der Waals surface area (Å²) in [6.07, 6.45) is -6.75. The molecule has 11 heteroatoms. The number of amides is 1. The summed E-state index contributed by atoms with van der Waals surface area (Å²) in [5, 5.41) is 6.29. The molecular formula is C20H15F6N3O2. The molecule has 0 aliphatic rings. The van der Waals surface area contributed by atoms with Crippen molar-refractivity contribution in [2.75, 3.05) is 11.9 Å². The summed E-state index contributed by atoms with van der Waals surface area (Å²) in [7, 11) is 0. The Morgan fingerprint density at radius 1 is 1.03 bits per heavy atom. The molecule has 0 radical (unpaired) electrons. The molecule has 0 saturated heterocycles. The zero-order valence-electron chi connectivity index (χ0n) is 15.7. The van der Waals surface area contributed by atoms with Crippen LogP contribution in [0.25, 0.3) is 5.69 Å². The monoisotopic (exact) mass is 443 g/mol. The van der Waals surface area contributed by atoms with Crippen molar-refractivity contribution in [1.29, 1.82) is 0 Å². The molecule has 0 fully saturated rings. The van der Waals surface area contributed by atoms with Gasteiger partial charge < -0.3 is 10.1 Å². The number of carbonyl (C=O) groups is 1. The Morgan fingerprint density at radius 2 is 1.74 bits per heavy atom. The van der Waals surface area contributed by atoms with Crippen LogP contribution in [0.5, 0.6) is 5.75 Å². The van der Waals surface area contributed by atoms with Crippen LogP contribution in [0.3, 0.4) is 0 Å². The fourth-order valence-corrected chi connectivity index (χ4v) is 2.64. The van der Waals surface area contributed by atoms with Gasteiger partial charge in [0.05, 0.1) is 29.6 Å². The molecule has 3 aromatic rings. The summed E-state index contributed by atoms with van der Waals surface area (Å²) in [6.45, 7) is -1.72. The number of para-hydroxylation sites is 1. The van der Waals surface area contributed by atoms with Crippen LogP contribution in [-0.4, -0.2) is 28.5 Å². The number of nitrogens with zero attached hydrogens (tertiary/aromatic N) is 2. The number of benzene rings is 2. The minimum atomic E-state index is -4.75. The molecule has 1 heterocycles. The molecule has 3 rings (SSSR count). The van der Waals surface area contributed by atoms with Crippen LogP contribution in [0.1, 0.15) is 11.1 Å². The van der Waals surface area contributed by atoms with Crippen LogP contribution in [0, 0.1) is 0 Å². The Hall–Kier alpha value is -3.50. The third kappa shape index (κ3) is 6.24. The van der Waals surface area contributed by atoms with E-state index in [1.165, 1.54) is 10.9 Å². The van der Waals surface area contributed by atoms with E-state index in [1.54, 1.807) is 30.5 Å². The van der Waals surface area contributed by atoms with Crippen LogP contribution in [0.15, 0.2) is 60.9 Å². The summed E-state index contributed by atoms with van der Waals surface area (Å²) in [5.41, 5.74) is -0.473. The molecule has 2 aromatic carbocycles. The average molecular weight is 443 g/mol. The smallest absolute Gasteiger partial charge is 0.422 e. The largest absolute Gasteiger partial charge is 0.482 e. The maximum absolute atomic E-state index is 13.0. The van der Waals surface area contributed by atoms with Crippen LogP contribution >= 0.6 is 0 Å². The highest BCUT2D eigenvalue weighted by Gasteiger charge is 2.33. The van der Waals surface area contributed by atoms with E-state index in [0.29, 0.717) is 17.7 Å². The van der Waals surface area contributed by atoms with Gasteiger partial charge in [0, 0.05) is 6.20 Å². The molecule has 1 amide bonds. The second-order valence-corrected chi connectivity index (χ2v) is 6.47. The van der Waals surface area contributed by atoms with Crippen molar-refractivity contribution >= 4 is 11.6 Å². The van der Waals surface area contributed by atoms with Gasteiger partial charge in [-0.2, -0.15) is 31.4 Å². The first-order chi connectivity index (χ1) is 14.5. The summed E-state index contributed by atoms with van der Waals surface area (Å²) < 4.78 is 82.3. The van der Waals surface area contributed by atoms with Crippen molar-refractivity contribution in [2.24, 2.45) is 0 Å². The lowest BCUT2D eigenvalue weighted by Gasteiger charge is -2.16. The van der Waals surface area contributed by atoms with Gasteiger partial charge in [0.1, 0.15) is 5.75 Å². The number of halogens is 6. The van der Waals surface area contributed by atoms with E-state index < -0.39 is 41.9 Å². The summed E-state index contributed by atoms with van der Waals surface area (Å²) >= 11 is 0. The number of alkyl halides is 6. The number of ether oxygens (including phenoxy) is 1. The fraction of sp³-hybridized carbons (Fsp3) is 0.200. The molecule has 5 nitrogen and oxygen atoms in total. The van der Waals surface area contributed by atoms with Gasteiger partial charge in [-0.3, -0.25) is 4.79 Å². The lowest BCUT2D eigenvalue weighted by Crippen LogP contribution is -2.21. The maximum Gasteiger partial charge on any atom is 0.422 e. The van der Waals surface area contributed by atoms with Gasteiger partial charge in [0.15, 0.2) is 6.61 Å². The van der Waals surface area contributed by atoms with E-state index in [4.69, 9.17) is 0 Å². The zero-order valence-corrected chi connectivity index (χ0v) is 15.7. The van der Waals surface area contributed by atoms with Gasteiger partial charge in [-0.1, -0.05) is 18.2 Å². The van der Waals surface area contributed by atoms with Crippen molar-refractivity contribution in [3.05, 3.63) is 72.1 Å². The number of anilines is 1. The highest BCUT2D eigenvalue weighted by molar-refractivity contribution is 5.93. The lowest BCUT2D eigenvalue weighted by atomic mass is 10.1. The molecule has 0 aliphatic carbocycles. The predicted octanol–water partition coefficient (Wildman–Crippen LogP) is 5.01. The molecular weight excluding hydrogens is 428 g/mol. The van der Waals surface area contributed by atoms with Gasteiger partial charge in [0.2, 0.25) is 5.91 Å². The second-order valence-electron chi connectivity index (χ2n) is 6.47. The topological polar surface area (TPSA) is 56.2 Å². The number of rotatable bonds is 6. The van der Waals surface area contributed by atoms with Crippen molar-refractivity contribution in [2.45, 2.75) is 18.8 Å². The molecule has 0 atom stereocenters. The van der Waals surface area contributed by atoms with Crippen molar-refractivity contribution < 1.29 is 35.9 Å². The van der Waals surface area contributed by atoms with Crippen molar-refractivity contribution in [1.82, 2.24) is 9.78 Å². The molecule has 164 valence electrons. The molecule has 1 aromatic heterocycles. The van der Waals surface area contributed by atoms with Crippen molar-refractivity contribution in [3.63, 3.8) is 0 Å². The lowest BCUT2D eigenvalue weighted by molar-refractivity contribution is -0.153. The fourth-order valence-electron chi connectivity index (χ4n) is 2.64. The SMILES string of the molecule is O=C(Cc1cnn(-c2ccccc2)c1)Nc1cc(C(F)(F)F)ccc1OCC(F)(F)F. The van der Waals surface area contributed by atoms with Gasteiger partial charge in [-0.15, -0.1) is 0 Å². The zero-order chi connectivity index (χ0) is 22.6. The number of hydrogen-bond acceptors (Lipinski definition) is 3. The van der Waals surface area contributed by atoms with Gasteiger partial charge >= 0.3 is 12.4 Å². The van der Waals surface area contributed by atoms with Crippen LogP contribution < -0.4 is 10.1 Å². The first kappa shape index (κ1) is 22.2. The molecule has 0 unspecified atom stereocenters. The van der Waals surface area contributed by atoms with Crippen LogP contribution in [0.4, 0.5) is 32.0 Å². The molecule has 0 saturated carbocycles. The Balaban J connectivity index is 1.76. The highest BCUT2D eigenvalue weighted by Crippen LogP contribution is 2.35. The first-order valence-corrected chi connectivity index (χ1v) is 8.81. The second kappa shape index (κ2) is 8.70. The molecule has 1 N–H and O–H groups in total. The van der Waals surface area contributed by atoms with Gasteiger partial charge in [-0.05, 0) is 35.9 Å². The Kier molecular flexibility index (Phi) is 6.23. The Morgan fingerprint density at radius 3 is 2.39 bits per heavy atom. The predicted molar refractivity (Wildman–Crippen MR) is 98.9 cm³/mol. The number of aromatic nitrogens is 2. The highest BCUT2D eigenvalue weighted by atomic mass is 19.4. The molecule has 31 heavy (non-hydrogen) atoms. The summed E-state index contributed by atoms with van der Waals surface area (Å²) in [6, 6.07) is 10.8. The van der Waals surface area contributed by atoms with E-state index in [0.717, 1.165) is 11.8 Å². The summed E-state index contributed by atoms with van der Waals surface area (Å²) in [5.74, 6) is -1.28. The molecule has 0 spiro atoms. The number of carbonyl (C=O) groups excluding carboxylic acids is 1. The maximum atomic E-state index is 13.0. The van der Waals surface area contributed by atoms with Gasteiger partial charge in [-0.25, -0.2) is 4.68 Å². The Bertz CT molecular complexity index is 1050.